The Balaban J connectivity index is 1.46. The van der Waals surface area contributed by atoms with Gasteiger partial charge in [0, 0.05) is 17.6 Å². The Hall–Kier alpha value is -2.52. The summed E-state index contributed by atoms with van der Waals surface area (Å²) in [6, 6.07) is 4.36. The lowest BCUT2D eigenvalue weighted by Crippen LogP contribution is -2.53. The van der Waals surface area contributed by atoms with Crippen molar-refractivity contribution < 1.29 is 9.59 Å². The predicted molar refractivity (Wildman–Crippen MR) is 115 cm³/mol. The van der Waals surface area contributed by atoms with Crippen molar-refractivity contribution in [1.29, 1.82) is 0 Å². The Morgan fingerprint density at radius 2 is 2.10 bits per heavy atom. The average molecular weight is 446 g/mol. The molecule has 31 heavy (non-hydrogen) atoms. The van der Waals surface area contributed by atoms with Gasteiger partial charge in [-0.15, -0.1) is 5.10 Å². The zero-order chi connectivity index (χ0) is 22.3. The maximum Gasteiger partial charge on any atom is 0.243 e. The molecule has 4 rings (SSSR count). The molecule has 10 heteroatoms. The van der Waals surface area contributed by atoms with E-state index in [1.54, 1.807) is 23.1 Å². The van der Waals surface area contributed by atoms with E-state index in [0.29, 0.717) is 23.8 Å². The molecule has 3 N–H and O–H groups in total. The lowest BCUT2D eigenvalue weighted by atomic mass is 9.88. The maximum absolute atomic E-state index is 13.1. The Bertz CT molecular complexity index is 973. The number of carbonyl (C=O) groups excluding carboxylic acids is 2. The van der Waals surface area contributed by atoms with E-state index in [1.165, 1.54) is 11.0 Å². The molecule has 166 valence electrons. The Kier molecular flexibility index (Phi) is 5.74. The summed E-state index contributed by atoms with van der Waals surface area (Å²) in [5.74, 6) is 0.0906. The highest BCUT2D eigenvalue weighted by Crippen LogP contribution is 2.48. The third-order valence-corrected chi connectivity index (χ3v) is 6.14. The maximum atomic E-state index is 13.1. The molecule has 2 fully saturated rings. The van der Waals surface area contributed by atoms with Crippen molar-refractivity contribution in [3.8, 4) is 5.69 Å². The number of nitrogens with two attached hydrogens (primary N) is 1. The minimum atomic E-state index is -0.603. The summed E-state index contributed by atoms with van der Waals surface area (Å²) in [7, 11) is 0. The van der Waals surface area contributed by atoms with Gasteiger partial charge in [-0.25, -0.2) is 4.68 Å². The van der Waals surface area contributed by atoms with Crippen molar-refractivity contribution in [2.45, 2.75) is 64.7 Å². The van der Waals surface area contributed by atoms with E-state index < -0.39 is 12.1 Å². The van der Waals surface area contributed by atoms with Crippen molar-refractivity contribution in [3.63, 3.8) is 0 Å². The molecule has 1 aromatic carbocycles. The van der Waals surface area contributed by atoms with Crippen LogP contribution < -0.4 is 11.1 Å². The monoisotopic (exact) mass is 445 g/mol. The first kappa shape index (κ1) is 21.7. The topological polar surface area (TPSA) is 119 Å². The number of tetrazole rings is 1. The van der Waals surface area contributed by atoms with Gasteiger partial charge in [-0.2, -0.15) is 0 Å². The molecular formula is C21H28ClN7O2. The first-order valence-corrected chi connectivity index (χ1v) is 10.9. The van der Waals surface area contributed by atoms with E-state index >= 15 is 0 Å². The van der Waals surface area contributed by atoms with Crippen LogP contribution in [0.1, 0.15) is 45.6 Å². The standard InChI is InChI=1S/C21H28ClN7O2/c1-21(2,3)9-15(23)20(31)29-17-7-12(17)8-18(29)19(30)24-10-13-6-14(22)4-5-16(13)28-11-25-26-27-28/h4-6,11-12,15,17-18H,7-10,23H2,1-3H3,(H,24,30)/t12-,15+,17-,18-/m0/s1. The van der Waals surface area contributed by atoms with Crippen LogP contribution >= 0.6 is 11.6 Å². The van der Waals surface area contributed by atoms with Crippen LogP contribution in [0.2, 0.25) is 5.02 Å². The van der Waals surface area contributed by atoms with E-state index in [2.05, 4.69) is 41.6 Å². The minimum absolute atomic E-state index is 0.0608. The second-order valence-electron chi connectivity index (χ2n) is 9.68. The number of halogens is 1. The highest BCUT2D eigenvalue weighted by molar-refractivity contribution is 6.30. The molecule has 4 atom stereocenters. The summed E-state index contributed by atoms with van der Waals surface area (Å²) in [4.78, 5) is 27.9. The minimum Gasteiger partial charge on any atom is -0.350 e. The highest BCUT2D eigenvalue weighted by atomic mass is 35.5. The quantitative estimate of drug-likeness (QED) is 0.698. The van der Waals surface area contributed by atoms with Crippen molar-refractivity contribution in [2.75, 3.05) is 0 Å². The molecule has 2 aliphatic rings. The van der Waals surface area contributed by atoms with E-state index in [0.717, 1.165) is 17.7 Å². The van der Waals surface area contributed by atoms with E-state index in [1.807, 2.05) is 0 Å². The first-order chi connectivity index (χ1) is 14.6. The second-order valence-corrected chi connectivity index (χ2v) is 10.1. The second kappa shape index (κ2) is 8.20. The Morgan fingerprint density at radius 1 is 1.32 bits per heavy atom. The van der Waals surface area contributed by atoms with Crippen LogP contribution in [-0.2, 0) is 16.1 Å². The smallest absolute Gasteiger partial charge is 0.243 e. The highest BCUT2D eigenvalue weighted by Gasteiger charge is 2.56. The largest absolute Gasteiger partial charge is 0.350 e. The molecule has 0 unspecified atom stereocenters. The van der Waals surface area contributed by atoms with Crippen LogP contribution in [0.15, 0.2) is 24.5 Å². The number of benzene rings is 1. The van der Waals surface area contributed by atoms with Gasteiger partial charge in [0.05, 0.1) is 11.7 Å². The van der Waals surface area contributed by atoms with Crippen LogP contribution in [0.5, 0.6) is 0 Å². The molecule has 2 heterocycles. The Morgan fingerprint density at radius 3 is 2.77 bits per heavy atom. The SMILES string of the molecule is CC(C)(C)C[C@@H](N)C(=O)N1[C@H](C(=O)NCc2cc(Cl)ccc2-n2cnnn2)C[C@@H]2C[C@@H]21. The number of hydrogen-bond donors (Lipinski definition) is 2. The molecule has 0 spiro atoms. The molecule has 1 saturated heterocycles. The van der Waals surface area contributed by atoms with Gasteiger partial charge in [0.25, 0.3) is 0 Å². The number of amides is 2. The fourth-order valence-electron chi connectivity index (χ4n) is 4.44. The average Bonchev–Trinajstić information content (AvgIpc) is 3.10. The summed E-state index contributed by atoms with van der Waals surface area (Å²) in [6.07, 6.45) is 3.69. The molecular weight excluding hydrogens is 418 g/mol. The third kappa shape index (κ3) is 4.72. The fourth-order valence-corrected chi connectivity index (χ4v) is 4.63. The lowest BCUT2D eigenvalue weighted by molar-refractivity contribution is -0.141. The van der Waals surface area contributed by atoms with Crippen LogP contribution in [-0.4, -0.2) is 55.0 Å². The van der Waals surface area contributed by atoms with Gasteiger partial charge in [-0.3, -0.25) is 9.59 Å². The molecule has 1 aromatic heterocycles. The van der Waals surface area contributed by atoms with Gasteiger partial charge in [0.1, 0.15) is 12.4 Å². The lowest BCUT2D eigenvalue weighted by Gasteiger charge is -2.31. The molecule has 2 aromatic rings. The van der Waals surface area contributed by atoms with Crippen LogP contribution in [0.3, 0.4) is 0 Å². The van der Waals surface area contributed by atoms with Gasteiger partial charge >= 0.3 is 0 Å². The number of likely N-dealkylation sites (tertiary alicyclic amines) is 1. The summed E-state index contributed by atoms with van der Waals surface area (Å²) < 4.78 is 1.52. The van der Waals surface area contributed by atoms with Crippen LogP contribution in [0.4, 0.5) is 0 Å². The van der Waals surface area contributed by atoms with Gasteiger partial charge in [0.15, 0.2) is 0 Å². The van der Waals surface area contributed by atoms with Crippen molar-refractivity contribution in [3.05, 3.63) is 35.1 Å². The molecule has 0 bridgehead atoms. The van der Waals surface area contributed by atoms with Gasteiger partial charge in [-0.05, 0) is 64.8 Å². The number of aromatic nitrogens is 4. The van der Waals surface area contributed by atoms with Crippen molar-refractivity contribution in [2.24, 2.45) is 17.1 Å². The third-order valence-electron chi connectivity index (χ3n) is 5.90. The van der Waals surface area contributed by atoms with Crippen molar-refractivity contribution in [1.82, 2.24) is 30.4 Å². The van der Waals surface area contributed by atoms with Gasteiger partial charge in [0.2, 0.25) is 11.8 Å². The van der Waals surface area contributed by atoms with E-state index in [-0.39, 0.29) is 29.8 Å². The predicted octanol–water partition coefficient (Wildman–Crippen LogP) is 1.68. The number of fused-ring (bicyclic) bond motifs is 1. The van der Waals surface area contributed by atoms with E-state index in [9.17, 15) is 9.59 Å². The number of rotatable bonds is 6. The summed E-state index contributed by atoms with van der Waals surface area (Å²) >= 11 is 6.16. The zero-order valence-corrected chi connectivity index (χ0v) is 18.7. The van der Waals surface area contributed by atoms with Crippen LogP contribution in [0.25, 0.3) is 5.69 Å². The summed E-state index contributed by atoms with van der Waals surface area (Å²) in [5, 5.41) is 14.8. The number of piperidine rings is 1. The van der Waals surface area contributed by atoms with Crippen molar-refractivity contribution >= 4 is 23.4 Å². The van der Waals surface area contributed by atoms with E-state index in [4.69, 9.17) is 17.3 Å². The summed E-state index contributed by atoms with van der Waals surface area (Å²) in [5.41, 5.74) is 7.66. The number of carbonyl (C=O) groups is 2. The molecule has 1 saturated carbocycles. The molecule has 0 radical (unpaired) electrons. The number of nitrogens with zero attached hydrogens (tertiary/aromatic N) is 5. The molecule has 2 amide bonds. The number of nitrogens with one attached hydrogen (secondary N) is 1. The van der Waals surface area contributed by atoms with Gasteiger partial charge in [-0.1, -0.05) is 32.4 Å². The fraction of sp³-hybridized carbons (Fsp3) is 0.571. The van der Waals surface area contributed by atoms with Gasteiger partial charge < -0.3 is 16.0 Å². The first-order valence-electron chi connectivity index (χ1n) is 10.5. The molecule has 1 aliphatic heterocycles. The zero-order valence-electron chi connectivity index (χ0n) is 18.0. The van der Waals surface area contributed by atoms with Crippen LogP contribution in [0, 0.1) is 11.3 Å². The molecule has 1 aliphatic carbocycles. The molecule has 9 nitrogen and oxygen atoms in total. The summed E-state index contributed by atoms with van der Waals surface area (Å²) in [6.45, 7) is 6.42. The normalized spacial score (nSPS) is 23.4. The Labute approximate surface area is 186 Å². The number of hydrogen-bond acceptors (Lipinski definition) is 6.